The zero-order valence-corrected chi connectivity index (χ0v) is 16.8. The molecule has 0 spiro atoms. The van der Waals surface area contributed by atoms with Crippen molar-refractivity contribution in [3.63, 3.8) is 0 Å². The lowest BCUT2D eigenvalue weighted by molar-refractivity contribution is -1.07. The summed E-state index contributed by atoms with van der Waals surface area (Å²) in [7, 11) is 3.63. The first-order valence-electron chi connectivity index (χ1n) is 10.3. The molecule has 0 aliphatic heterocycles. The topological polar surface area (TPSA) is 29.5 Å². The molecule has 3 heteroatoms. The molecule has 0 atom stereocenters. The van der Waals surface area contributed by atoms with Crippen LogP contribution in [0.4, 0.5) is 0 Å². The lowest BCUT2D eigenvalue weighted by Gasteiger charge is -2.19. The Morgan fingerprint density at radius 3 is 1.83 bits per heavy atom. The third-order valence-electron chi connectivity index (χ3n) is 4.47. The molecule has 0 amide bonds. The maximum atomic E-state index is 9.59. The molecular formula is C21H44NO2+. The van der Waals surface area contributed by atoms with Gasteiger partial charge in [0.25, 0.3) is 0 Å². The highest BCUT2D eigenvalue weighted by Gasteiger charge is 2.08. The zero-order valence-electron chi connectivity index (χ0n) is 16.8. The van der Waals surface area contributed by atoms with E-state index in [2.05, 4.69) is 13.5 Å². The normalized spacial score (nSPS) is 11.7. The molecule has 0 saturated heterocycles. The highest BCUT2D eigenvalue weighted by molar-refractivity contribution is 4.81. The highest BCUT2D eigenvalue weighted by Crippen LogP contribution is 2.12. The zero-order chi connectivity index (χ0) is 18.1. The van der Waals surface area contributed by atoms with Crippen LogP contribution in [0.3, 0.4) is 0 Å². The van der Waals surface area contributed by atoms with E-state index in [1.165, 1.54) is 57.8 Å². The first kappa shape index (κ1) is 23.5. The van der Waals surface area contributed by atoms with E-state index in [0.29, 0.717) is 0 Å². The third kappa shape index (κ3) is 19.5. The van der Waals surface area contributed by atoms with Crippen LogP contribution in [0.5, 0.6) is 0 Å². The second-order valence-corrected chi connectivity index (χ2v) is 7.72. The van der Waals surface area contributed by atoms with Crippen LogP contribution >= 0.6 is 0 Å². The van der Waals surface area contributed by atoms with Gasteiger partial charge in [0.05, 0.1) is 26.5 Å². The Kier molecular flexibility index (Phi) is 15.6. The summed E-state index contributed by atoms with van der Waals surface area (Å²) in [5.41, 5.74) is 0. The van der Waals surface area contributed by atoms with Gasteiger partial charge < -0.3 is 4.74 Å². The number of hydrogen-bond acceptors (Lipinski definition) is 2. The van der Waals surface area contributed by atoms with Crippen molar-refractivity contribution in [1.82, 2.24) is 0 Å². The van der Waals surface area contributed by atoms with Crippen molar-refractivity contribution >= 4 is 0 Å². The monoisotopic (exact) mass is 342 g/mol. The molecule has 0 aliphatic carbocycles. The van der Waals surface area contributed by atoms with Gasteiger partial charge in [0.1, 0.15) is 6.54 Å². The molecule has 24 heavy (non-hydrogen) atoms. The highest BCUT2D eigenvalue weighted by atomic mass is 16.5. The van der Waals surface area contributed by atoms with E-state index in [4.69, 9.17) is 4.74 Å². The van der Waals surface area contributed by atoms with Crippen molar-refractivity contribution in [3.8, 4) is 0 Å². The van der Waals surface area contributed by atoms with Gasteiger partial charge in [-0.2, -0.15) is 4.65 Å². The van der Waals surface area contributed by atoms with Crippen LogP contribution in [-0.4, -0.2) is 37.1 Å². The molecule has 0 rings (SSSR count). The van der Waals surface area contributed by atoms with Crippen LogP contribution < -0.4 is 0 Å². The minimum Gasteiger partial charge on any atom is -0.499 e. The van der Waals surface area contributed by atoms with Crippen LogP contribution in [0.25, 0.3) is 0 Å². The summed E-state index contributed by atoms with van der Waals surface area (Å²) in [5.74, 6) is 0.934. The van der Waals surface area contributed by atoms with Crippen molar-refractivity contribution in [1.29, 1.82) is 0 Å². The van der Waals surface area contributed by atoms with E-state index in [0.717, 1.165) is 51.0 Å². The number of hydrogen-bond donors (Lipinski definition) is 1. The molecule has 3 nitrogen and oxygen atoms in total. The molecule has 0 aromatic carbocycles. The molecular weight excluding hydrogens is 298 g/mol. The van der Waals surface area contributed by atoms with Gasteiger partial charge >= 0.3 is 0 Å². The summed E-state index contributed by atoms with van der Waals surface area (Å²) >= 11 is 0. The van der Waals surface area contributed by atoms with Gasteiger partial charge in [-0.05, 0) is 25.7 Å². The SMILES string of the molecule is C=C(CCCCC[N+](C)(C)O)OCCCCCCCCCCCC. The van der Waals surface area contributed by atoms with Gasteiger partial charge in [0.2, 0.25) is 0 Å². The van der Waals surface area contributed by atoms with Crippen LogP contribution in [0.1, 0.15) is 96.8 Å². The second-order valence-electron chi connectivity index (χ2n) is 7.72. The molecule has 1 N–H and O–H groups in total. The second kappa shape index (κ2) is 16.0. The van der Waals surface area contributed by atoms with E-state index in [9.17, 15) is 5.21 Å². The first-order chi connectivity index (χ1) is 11.5. The molecule has 0 radical (unpaired) electrons. The Bertz CT molecular complexity index is 284. The quantitative estimate of drug-likeness (QED) is 0.134. The fourth-order valence-corrected chi connectivity index (χ4v) is 2.88. The number of hydroxylamine groups is 3. The molecule has 0 aromatic heterocycles. The summed E-state index contributed by atoms with van der Waals surface area (Å²) in [6.45, 7) is 7.92. The van der Waals surface area contributed by atoms with Crippen LogP contribution in [-0.2, 0) is 4.74 Å². The average Bonchev–Trinajstić information content (AvgIpc) is 2.51. The lowest BCUT2D eigenvalue weighted by Crippen LogP contribution is -2.36. The minimum atomic E-state index is 0.0657. The van der Waals surface area contributed by atoms with E-state index < -0.39 is 0 Å². The molecule has 0 heterocycles. The van der Waals surface area contributed by atoms with E-state index in [1.807, 2.05) is 14.1 Å². The van der Waals surface area contributed by atoms with E-state index in [-0.39, 0.29) is 4.65 Å². The smallest absolute Gasteiger partial charge is 0.108 e. The van der Waals surface area contributed by atoms with Crippen LogP contribution in [0, 0.1) is 0 Å². The van der Waals surface area contributed by atoms with Crippen molar-refractivity contribution in [3.05, 3.63) is 12.3 Å². The third-order valence-corrected chi connectivity index (χ3v) is 4.47. The summed E-state index contributed by atoms with van der Waals surface area (Å²) in [5, 5.41) is 9.59. The number of unbranched alkanes of at least 4 members (excludes halogenated alkanes) is 11. The standard InChI is InChI=1S/C21H44NO2/c1-5-6-7-8-9-10-11-12-13-17-20-24-21(2)18-15-14-16-19-22(3,4)23/h23H,2,5-20H2,1,3-4H3/q+1. The molecule has 0 aromatic rings. The van der Waals surface area contributed by atoms with Gasteiger partial charge in [-0.15, -0.1) is 0 Å². The molecule has 0 unspecified atom stereocenters. The van der Waals surface area contributed by atoms with Crippen LogP contribution in [0.15, 0.2) is 12.3 Å². The van der Waals surface area contributed by atoms with E-state index >= 15 is 0 Å². The number of nitrogens with zero attached hydrogens (tertiary/aromatic N) is 1. The molecule has 0 bridgehead atoms. The Balaban J connectivity index is 3.21. The van der Waals surface area contributed by atoms with Crippen molar-refractivity contribution in [2.45, 2.75) is 96.8 Å². The summed E-state index contributed by atoms with van der Waals surface area (Å²) < 4.78 is 5.78. The Labute approximate surface area is 151 Å². The lowest BCUT2D eigenvalue weighted by atomic mass is 10.1. The number of rotatable bonds is 18. The van der Waals surface area contributed by atoms with Gasteiger partial charge in [-0.3, -0.25) is 0 Å². The maximum absolute atomic E-state index is 9.59. The Morgan fingerprint density at radius 2 is 1.29 bits per heavy atom. The van der Waals surface area contributed by atoms with Crippen LogP contribution in [0.2, 0.25) is 0 Å². The predicted octanol–water partition coefficient (Wildman–Crippen LogP) is 6.46. The number of quaternary nitrogens is 1. The Hall–Kier alpha value is -0.540. The van der Waals surface area contributed by atoms with E-state index in [1.54, 1.807) is 0 Å². The largest absolute Gasteiger partial charge is 0.499 e. The fourth-order valence-electron chi connectivity index (χ4n) is 2.88. The summed E-state index contributed by atoms with van der Waals surface area (Å²) in [6.07, 6.45) is 17.8. The Morgan fingerprint density at radius 1 is 0.792 bits per heavy atom. The van der Waals surface area contributed by atoms with Gasteiger partial charge in [0.15, 0.2) is 0 Å². The molecule has 0 aliphatic rings. The summed E-state index contributed by atoms with van der Waals surface area (Å²) in [4.78, 5) is 0. The molecule has 144 valence electrons. The average molecular weight is 343 g/mol. The number of ether oxygens (including phenoxy) is 1. The summed E-state index contributed by atoms with van der Waals surface area (Å²) in [6, 6.07) is 0. The number of allylic oxidation sites excluding steroid dienone is 1. The van der Waals surface area contributed by atoms with Crippen molar-refractivity contribution in [2.24, 2.45) is 0 Å². The molecule has 0 saturated carbocycles. The van der Waals surface area contributed by atoms with Gasteiger partial charge in [-0.25, -0.2) is 5.21 Å². The maximum Gasteiger partial charge on any atom is 0.108 e. The van der Waals surface area contributed by atoms with Gasteiger partial charge in [-0.1, -0.05) is 71.3 Å². The predicted molar refractivity (Wildman–Crippen MR) is 104 cm³/mol. The fraction of sp³-hybridized carbons (Fsp3) is 0.905. The van der Waals surface area contributed by atoms with Crippen molar-refractivity contribution < 1.29 is 14.6 Å². The van der Waals surface area contributed by atoms with Crippen molar-refractivity contribution in [2.75, 3.05) is 27.2 Å². The van der Waals surface area contributed by atoms with Gasteiger partial charge in [0, 0.05) is 6.42 Å². The first-order valence-corrected chi connectivity index (χ1v) is 10.3. The minimum absolute atomic E-state index is 0.0657. The molecule has 0 fully saturated rings.